The second-order valence-corrected chi connectivity index (χ2v) is 9.40. The van der Waals surface area contributed by atoms with E-state index < -0.39 is 0 Å². The molecule has 1 aromatic carbocycles. The van der Waals surface area contributed by atoms with Gasteiger partial charge in [-0.3, -0.25) is 9.69 Å². The van der Waals surface area contributed by atoms with Gasteiger partial charge in [-0.1, -0.05) is 42.0 Å². The number of hydrogen-bond donors (Lipinski definition) is 3. The Labute approximate surface area is 196 Å². The standard InChI is InChI=1S/C24H25ClN6O2/c25-17-11-27-24-21(20(17)28-19-16-5-4-15(16)18(19)22(26)32)29-23(30-24)14-3-1-2-13(10-14)12-31-6-8-33-9-7-31/h1-5,10-11,15-16,18-19H,6-9,12H2,(H2,26,32)(H2,27,28,29,30)/t15?,16-,18-,19+/m0/s1. The average molecular weight is 465 g/mol. The van der Waals surface area contributed by atoms with Crippen LogP contribution < -0.4 is 11.1 Å². The molecule has 170 valence electrons. The first-order chi connectivity index (χ1) is 16.1. The number of imidazole rings is 1. The molecule has 3 aromatic rings. The average Bonchev–Trinajstić information content (AvgIpc) is 3.23. The van der Waals surface area contributed by atoms with Crippen molar-refractivity contribution in [2.45, 2.75) is 12.6 Å². The largest absolute Gasteiger partial charge is 0.379 e. The number of primary amides is 1. The van der Waals surface area contributed by atoms with Gasteiger partial charge in [0.25, 0.3) is 0 Å². The van der Waals surface area contributed by atoms with E-state index in [1.165, 1.54) is 5.56 Å². The van der Waals surface area contributed by atoms with Gasteiger partial charge < -0.3 is 20.8 Å². The first kappa shape index (κ1) is 20.7. The zero-order valence-electron chi connectivity index (χ0n) is 18.0. The summed E-state index contributed by atoms with van der Waals surface area (Å²) in [6.45, 7) is 4.31. The molecule has 0 bridgehead atoms. The summed E-state index contributed by atoms with van der Waals surface area (Å²) in [6.07, 6.45) is 5.77. The molecule has 0 radical (unpaired) electrons. The zero-order chi connectivity index (χ0) is 22.5. The lowest BCUT2D eigenvalue weighted by Crippen LogP contribution is -2.61. The summed E-state index contributed by atoms with van der Waals surface area (Å²) in [5.74, 6) is 0.720. The number of morpholine rings is 1. The lowest BCUT2D eigenvalue weighted by atomic mass is 9.54. The molecule has 6 rings (SSSR count). The number of nitrogens with zero attached hydrogens (tertiary/aromatic N) is 3. The Morgan fingerprint density at radius 3 is 2.85 bits per heavy atom. The number of carbonyl (C=O) groups excluding carboxylic acids is 1. The zero-order valence-corrected chi connectivity index (χ0v) is 18.8. The number of nitrogens with one attached hydrogen (secondary N) is 2. The predicted molar refractivity (Wildman–Crippen MR) is 127 cm³/mol. The van der Waals surface area contributed by atoms with Crippen LogP contribution in [-0.4, -0.2) is 58.1 Å². The van der Waals surface area contributed by atoms with Crippen molar-refractivity contribution in [3.05, 3.63) is 53.2 Å². The van der Waals surface area contributed by atoms with Crippen LogP contribution in [0.15, 0.2) is 42.6 Å². The van der Waals surface area contributed by atoms with Crippen LogP contribution in [0, 0.1) is 17.8 Å². The van der Waals surface area contributed by atoms with Gasteiger partial charge in [-0.05, 0) is 17.5 Å². The molecule has 1 unspecified atom stereocenters. The number of fused-ring (bicyclic) bond motifs is 2. The Bertz CT molecular complexity index is 1250. The maximum atomic E-state index is 12.0. The summed E-state index contributed by atoms with van der Waals surface area (Å²) in [7, 11) is 0. The molecule has 4 atom stereocenters. The summed E-state index contributed by atoms with van der Waals surface area (Å²) in [5, 5.41) is 3.95. The van der Waals surface area contributed by atoms with Crippen LogP contribution in [0.3, 0.4) is 0 Å². The van der Waals surface area contributed by atoms with Gasteiger partial charge >= 0.3 is 0 Å². The van der Waals surface area contributed by atoms with Crippen LogP contribution in [0.1, 0.15) is 5.56 Å². The van der Waals surface area contributed by atoms with Gasteiger partial charge in [0.2, 0.25) is 5.91 Å². The second kappa shape index (κ2) is 8.13. The monoisotopic (exact) mass is 464 g/mol. The molecule has 1 aliphatic heterocycles. The minimum absolute atomic E-state index is 0.0794. The third-order valence-electron chi connectivity index (χ3n) is 7.04. The lowest BCUT2D eigenvalue weighted by molar-refractivity contribution is -0.129. The highest BCUT2D eigenvalue weighted by Crippen LogP contribution is 2.50. The summed E-state index contributed by atoms with van der Waals surface area (Å²) in [5.41, 5.74) is 9.87. The number of pyridine rings is 1. The highest BCUT2D eigenvalue weighted by atomic mass is 35.5. The number of H-pyrrole nitrogens is 1. The van der Waals surface area contributed by atoms with E-state index in [0.29, 0.717) is 22.3 Å². The van der Waals surface area contributed by atoms with E-state index in [1.807, 2.05) is 12.1 Å². The van der Waals surface area contributed by atoms with Gasteiger partial charge in [0, 0.05) is 37.2 Å². The number of carbonyl (C=O) groups is 1. The molecule has 9 heteroatoms. The van der Waals surface area contributed by atoms with E-state index in [-0.39, 0.29) is 23.8 Å². The summed E-state index contributed by atoms with van der Waals surface area (Å²) < 4.78 is 5.45. The Morgan fingerprint density at radius 1 is 1.27 bits per heavy atom. The molecule has 2 aliphatic carbocycles. The number of aromatic nitrogens is 3. The summed E-state index contributed by atoms with van der Waals surface area (Å²) in [6, 6.07) is 8.29. The second-order valence-electron chi connectivity index (χ2n) is 8.99. The fourth-order valence-electron chi connectivity index (χ4n) is 5.18. The van der Waals surface area contributed by atoms with Crippen LogP contribution in [0.2, 0.25) is 5.02 Å². The first-order valence-corrected chi connectivity index (χ1v) is 11.6. The van der Waals surface area contributed by atoms with Crippen molar-refractivity contribution in [3.63, 3.8) is 0 Å². The number of allylic oxidation sites excluding steroid dienone is 1. The molecular weight excluding hydrogens is 440 g/mol. The first-order valence-electron chi connectivity index (χ1n) is 11.3. The van der Waals surface area contributed by atoms with Crippen LogP contribution in [0.5, 0.6) is 0 Å². The molecule has 1 saturated heterocycles. The van der Waals surface area contributed by atoms with E-state index in [1.54, 1.807) is 6.20 Å². The van der Waals surface area contributed by atoms with Crippen molar-refractivity contribution < 1.29 is 9.53 Å². The Kier molecular flexibility index (Phi) is 5.09. The number of benzene rings is 1. The molecule has 1 amide bonds. The Morgan fingerprint density at radius 2 is 2.09 bits per heavy atom. The molecule has 0 spiro atoms. The third kappa shape index (κ3) is 3.58. The molecule has 2 aromatic heterocycles. The minimum Gasteiger partial charge on any atom is -0.379 e. The number of anilines is 1. The van der Waals surface area contributed by atoms with Crippen molar-refractivity contribution in [2.24, 2.45) is 23.5 Å². The Hall–Kier alpha value is -2.94. The van der Waals surface area contributed by atoms with Crippen LogP contribution in [0.25, 0.3) is 22.6 Å². The predicted octanol–water partition coefficient (Wildman–Crippen LogP) is 2.81. The smallest absolute Gasteiger partial charge is 0.223 e. The molecule has 3 aliphatic rings. The SMILES string of the molecule is NC(=O)[C@H]1C2C=C[C@@H]2[C@H]1Nc1c(Cl)cnc2nc(-c3cccc(CN4CCOCC4)c3)[nH]c12. The van der Waals surface area contributed by atoms with Gasteiger partial charge in [-0.2, -0.15) is 0 Å². The number of ether oxygens (including phenoxy) is 1. The van der Waals surface area contributed by atoms with Crippen LogP contribution >= 0.6 is 11.6 Å². The maximum absolute atomic E-state index is 12.0. The maximum Gasteiger partial charge on any atom is 0.223 e. The van der Waals surface area contributed by atoms with Gasteiger partial charge in [-0.15, -0.1) is 0 Å². The number of amides is 1. The van der Waals surface area contributed by atoms with E-state index >= 15 is 0 Å². The van der Waals surface area contributed by atoms with Crippen molar-refractivity contribution in [3.8, 4) is 11.4 Å². The number of aromatic amines is 1. The molecule has 33 heavy (non-hydrogen) atoms. The molecule has 8 nitrogen and oxygen atoms in total. The van der Waals surface area contributed by atoms with Gasteiger partial charge in [0.1, 0.15) is 11.3 Å². The van der Waals surface area contributed by atoms with Crippen molar-refractivity contribution in [1.29, 1.82) is 0 Å². The number of rotatable bonds is 6. The lowest BCUT2D eigenvalue weighted by Gasteiger charge is -2.53. The van der Waals surface area contributed by atoms with E-state index in [0.717, 1.165) is 49.8 Å². The summed E-state index contributed by atoms with van der Waals surface area (Å²) >= 11 is 6.52. The van der Waals surface area contributed by atoms with Crippen molar-refractivity contribution in [2.75, 3.05) is 31.6 Å². The van der Waals surface area contributed by atoms with E-state index in [2.05, 4.69) is 44.5 Å². The quantitative estimate of drug-likeness (QED) is 0.484. The van der Waals surface area contributed by atoms with E-state index in [4.69, 9.17) is 27.1 Å². The molecule has 2 fully saturated rings. The normalized spacial score (nSPS) is 26.5. The number of hydrogen-bond acceptors (Lipinski definition) is 6. The molecule has 3 heterocycles. The summed E-state index contributed by atoms with van der Waals surface area (Å²) in [4.78, 5) is 26.9. The molecule has 4 N–H and O–H groups in total. The molecule has 1 saturated carbocycles. The van der Waals surface area contributed by atoms with Gasteiger partial charge in [0.05, 0.1) is 36.0 Å². The minimum atomic E-state index is -0.290. The van der Waals surface area contributed by atoms with Crippen LogP contribution in [0.4, 0.5) is 5.69 Å². The fraction of sp³-hybridized carbons (Fsp3) is 0.375. The molecular formula is C24H25ClN6O2. The van der Waals surface area contributed by atoms with E-state index in [9.17, 15) is 4.79 Å². The highest BCUT2D eigenvalue weighted by Gasteiger charge is 2.54. The Balaban J connectivity index is 1.29. The van der Waals surface area contributed by atoms with Gasteiger partial charge in [-0.25, -0.2) is 9.97 Å². The fourth-order valence-corrected chi connectivity index (χ4v) is 5.38. The highest BCUT2D eigenvalue weighted by molar-refractivity contribution is 6.34. The third-order valence-corrected chi connectivity index (χ3v) is 7.33. The van der Waals surface area contributed by atoms with Crippen molar-refractivity contribution in [1.82, 2.24) is 19.9 Å². The topological polar surface area (TPSA) is 109 Å². The number of halogens is 1. The number of nitrogens with two attached hydrogens (primary N) is 1. The van der Waals surface area contributed by atoms with Crippen molar-refractivity contribution >= 4 is 34.4 Å². The van der Waals surface area contributed by atoms with Crippen LogP contribution in [-0.2, 0) is 16.1 Å². The van der Waals surface area contributed by atoms with Gasteiger partial charge in [0.15, 0.2) is 5.65 Å².